The van der Waals surface area contributed by atoms with Gasteiger partial charge in [0.1, 0.15) is 6.10 Å². The molecule has 0 N–H and O–H groups in total. The summed E-state index contributed by atoms with van der Waals surface area (Å²) < 4.78 is 17.1. The molecule has 3 rings (SSSR count). The highest BCUT2D eigenvalue weighted by Crippen LogP contribution is 2.61. The number of ketones is 1. The quantitative estimate of drug-likeness (QED) is 0.630. The predicted molar refractivity (Wildman–Crippen MR) is 78.0 cm³/mol. The van der Waals surface area contributed by atoms with Crippen LogP contribution in [-0.2, 0) is 19.8 Å². The summed E-state index contributed by atoms with van der Waals surface area (Å²) in [7, 11) is 3.13. The number of fused-ring (bicyclic) bond motifs is 5. The number of carbonyl (C=O) groups is 1. The van der Waals surface area contributed by atoms with E-state index in [0.29, 0.717) is 5.56 Å². The van der Waals surface area contributed by atoms with Crippen molar-refractivity contribution in [3.05, 3.63) is 59.2 Å². The lowest BCUT2D eigenvalue weighted by Gasteiger charge is -2.34. The number of carbonyl (C=O) groups excluding carboxylic acids is 1. The topological polar surface area (TPSA) is 44.8 Å². The first-order valence-electron chi connectivity index (χ1n) is 6.74. The van der Waals surface area contributed by atoms with E-state index in [-0.39, 0.29) is 11.9 Å². The molecule has 2 heterocycles. The van der Waals surface area contributed by atoms with Crippen molar-refractivity contribution < 1.29 is 19.0 Å². The van der Waals surface area contributed by atoms with Gasteiger partial charge in [-0.3, -0.25) is 4.79 Å². The average molecular weight is 286 g/mol. The largest absolute Gasteiger partial charge is 0.352 e. The van der Waals surface area contributed by atoms with Crippen LogP contribution < -0.4 is 0 Å². The van der Waals surface area contributed by atoms with Crippen LogP contribution in [0.25, 0.3) is 0 Å². The first-order chi connectivity index (χ1) is 9.97. The van der Waals surface area contributed by atoms with E-state index < -0.39 is 11.9 Å². The summed E-state index contributed by atoms with van der Waals surface area (Å²) in [5.74, 6) is 0.0223. The fourth-order valence-electron chi connectivity index (χ4n) is 3.29. The van der Waals surface area contributed by atoms with Gasteiger partial charge in [-0.1, -0.05) is 25.3 Å². The van der Waals surface area contributed by atoms with Crippen molar-refractivity contribution in [1.82, 2.24) is 0 Å². The van der Waals surface area contributed by atoms with Crippen molar-refractivity contribution in [2.75, 3.05) is 14.2 Å². The molecule has 4 nitrogen and oxygen atoms in total. The molecule has 1 aromatic carbocycles. The number of ether oxygens (including phenoxy) is 3. The van der Waals surface area contributed by atoms with Crippen molar-refractivity contribution in [1.29, 1.82) is 0 Å². The Morgan fingerprint density at radius 3 is 2.57 bits per heavy atom. The van der Waals surface area contributed by atoms with Gasteiger partial charge in [0, 0.05) is 19.8 Å². The Bertz CT molecular complexity index is 657. The summed E-state index contributed by atoms with van der Waals surface area (Å²) in [5.41, 5.74) is 3.23. The Morgan fingerprint density at radius 1 is 1.33 bits per heavy atom. The minimum atomic E-state index is -0.879. The van der Waals surface area contributed by atoms with E-state index >= 15 is 0 Å². The number of hydrogen-bond donors (Lipinski definition) is 0. The van der Waals surface area contributed by atoms with Crippen molar-refractivity contribution in [3.8, 4) is 0 Å². The summed E-state index contributed by atoms with van der Waals surface area (Å²) in [6.45, 7) is 9.73. The summed E-state index contributed by atoms with van der Waals surface area (Å²) in [4.78, 5) is 11.6. The molecule has 21 heavy (non-hydrogen) atoms. The molecule has 4 heteroatoms. The van der Waals surface area contributed by atoms with Crippen LogP contribution in [0.1, 0.15) is 34.5 Å². The fourth-order valence-corrected chi connectivity index (χ4v) is 3.29. The molecule has 0 radical (unpaired) electrons. The molecule has 1 aromatic rings. The summed E-state index contributed by atoms with van der Waals surface area (Å²) >= 11 is 0. The molecule has 110 valence electrons. The predicted octanol–water partition coefficient (Wildman–Crippen LogP) is 2.90. The SMILES string of the molecule is C=C1C(=C)C2(C(OC)OC)OC1c1cc(C(C)=O)ccc12. The third kappa shape index (κ3) is 1.64. The van der Waals surface area contributed by atoms with E-state index in [0.717, 1.165) is 22.3 Å². The third-order valence-electron chi connectivity index (χ3n) is 4.36. The Kier molecular flexibility index (Phi) is 3.13. The monoisotopic (exact) mass is 286 g/mol. The maximum atomic E-state index is 11.6. The Labute approximate surface area is 124 Å². The van der Waals surface area contributed by atoms with Gasteiger partial charge >= 0.3 is 0 Å². The second kappa shape index (κ2) is 4.63. The minimum Gasteiger partial charge on any atom is -0.352 e. The van der Waals surface area contributed by atoms with E-state index in [1.54, 1.807) is 27.2 Å². The Morgan fingerprint density at radius 2 is 2.00 bits per heavy atom. The van der Waals surface area contributed by atoms with Gasteiger partial charge in [-0.05, 0) is 35.3 Å². The highest BCUT2D eigenvalue weighted by molar-refractivity contribution is 5.94. The van der Waals surface area contributed by atoms with Gasteiger partial charge in [-0.2, -0.15) is 0 Å². The van der Waals surface area contributed by atoms with Gasteiger partial charge in [0.15, 0.2) is 17.7 Å². The van der Waals surface area contributed by atoms with Gasteiger partial charge in [0.25, 0.3) is 0 Å². The average Bonchev–Trinajstić information content (AvgIpc) is 2.94. The normalized spacial score (nSPS) is 26.6. The van der Waals surface area contributed by atoms with Crippen molar-refractivity contribution >= 4 is 5.78 Å². The summed E-state index contributed by atoms with van der Waals surface area (Å²) in [5, 5.41) is 0. The van der Waals surface area contributed by atoms with E-state index in [1.807, 2.05) is 12.1 Å². The number of hydrogen-bond acceptors (Lipinski definition) is 4. The molecule has 0 aromatic heterocycles. The zero-order chi connectivity index (χ0) is 15.4. The Balaban J connectivity index is 2.22. The number of Topliss-reactive ketones (excluding diaryl/α,β-unsaturated/α-hetero) is 1. The zero-order valence-electron chi connectivity index (χ0n) is 12.4. The molecular weight excluding hydrogens is 268 g/mol. The maximum absolute atomic E-state index is 11.6. The number of methoxy groups -OCH3 is 2. The number of rotatable bonds is 4. The van der Waals surface area contributed by atoms with Gasteiger partial charge < -0.3 is 14.2 Å². The van der Waals surface area contributed by atoms with Crippen LogP contribution in [0, 0.1) is 0 Å². The van der Waals surface area contributed by atoms with Crippen LogP contribution in [0.15, 0.2) is 42.5 Å². The molecule has 2 atom stereocenters. The lowest BCUT2D eigenvalue weighted by Crippen LogP contribution is -2.41. The lowest BCUT2D eigenvalue weighted by molar-refractivity contribution is -0.213. The van der Waals surface area contributed by atoms with Gasteiger partial charge in [-0.25, -0.2) is 0 Å². The molecule has 2 bridgehead atoms. The lowest BCUT2D eigenvalue weighted by atomic mass is 9.76. The first-order valence-corrected chi connectivity index (χ1v) is 6.74. The zero-order valence-corrected chi connectivity index (χ0v) is 12.4. The maximum Gasteiger partial charge on any atom is 0.194 e. The van der Waals surface area contributed by atoms with Crippen LogP contribution in [0.3, 0.4) is 0 Å². The number of benzene rings is 1. The van der Waals surface area contributed by atoms with Gasteiger partial charge in [-0.15, -0.1) is 0 Å². The standard InChI is InChI=1S/C17H18O4/c1-9-10(2)17(16(19-4)20-5)14-7-6-12(11(3)18)8-13(14)15(9)21-17/h6-8,15-16H,1-2H2,3-5H3. The van der Waals surface area contributed by atoms with E-state index in [9.17, 15) is 4.79 Å². The Hall–Kier alpha value is -1.75. The van der Waals surface area contributed by atoms with Gasteiger partial charge in [0.2, 0.25) is 0 Å². The molecule has 2 aliphatic rings. The summed E-state index contributed by atoms with van der Waals surface area (Å²) in [6, 6.07) is 5.56. The summed E-state index contributed by atoms with van der Waals surface area (Å²) in [6.07, 6.45) is -0.907. The highest BCUT2D eigenvalue weighted by atomic mass is 16.7. The molecule has 2 aliphatic heterocycles. The highest BCUT2D eigenvalue weighted by Gasteiger charge is 2.60. The fraction of sp³-hybridized carbons (Fsp3) is 0.353. The van der Waals surface area contributed by atoms with Crippen LogP contribution in [0.2, 0.25) is 0 Å². The second-order valence-corrected chi connectivity index (χ2v) is 5.40. The van der Waals surface area contributed by atoms with Crippen LogP contribution in [-0.4, -0.2) is 26.3 Å². The van der Waals surface area contributed by atoms with Crippen molar-refractivity contribution in [2.24, 2.45) is 0 Å². The molecule has 2 unspecified atom stereocenters. The van der Waals surface area contributed by atoms with Crippen molar-refractivity contribution in [3.63, 3.8) is 0 Å². The molecule has 0 saturated carbocycles. The molecule has 1 fully saturated rings. The second-order valence-electron chi connectivity index (χ2n) is 5.40. The minimum absolute atomic E-state index is 0.0223. The van der Waals surface area contributed by atoms with E-state index in [4.69, 9.17) is 14.2 Å². The first kappa shape index (κ1) is 14.2. The van der Waals surface area contributed by atoms with Crippen LogP contribution in [0.5, 0.6) is 0 Å². The van der Waals surface area contributed by atoms with Gasteiger partial charge in [0.05, 0.1) is 0 Å². The molecule has 0 spiro atoms. The molecular formula is C17H18O4. The van der Waals surface area contributed by atoms with Crippen LogP contribution in [0.4, 0.5) is 0 Å². The molecule has 1 saturated heterocycles. The molecule has 0 amide bonds. The van der Waals surface area contributed by atoms with Crippen molar-refractivity contribution in [2.45, 2.75) is 24.9 Å². The van der Waals surface area contributed by atoms with Crippen LogP contribution >= 0.6 is 0 Å². The van der Waals surface area contributed by atoms with E-state index in [1.165, 1.54) is 0 Å². The van der Waals surface area contributed by atoms with E-state index in [2.05, 4.69) is 13.2 Å². The smallest absolute Gasteiger partial charge is 0.194 e. The third-order valence-corrected chi connectivity index (χ3v) is 4.36. The molecule has 0 aliphatic carbocycles.